The molecular formula is C28H30F2N8OS2. The lowest BCUT2D eigenvalue weighted by Gasteiger charge is -2.39. The Kier molecular flexibility index (Phi) is 8.15. The summed E-state index contributed by atoms with van der Waals surface area (Å²) < 4.78 is 26.4. The van der Waals surface area contributed by atoms with Crippen molar-refractivity contribution in [1.82, 2.24) is 25.4 Å². The molecule has 1 amide bonds. The van der Waals surface area contributed by atoms with Crippen LogP contribution in [-0.4, -0.2) is 56.8 Å². The number of halogens is 2. The molecule has 2 N–H and O–H groups in total. The second-order valence-electron chi connectivity index (χ2n) is 10.5. The summed E-state index contributed by atoms with van der Waals surface area (Å²) >= 11 is 3.02. The number of hydrogen-bond acceptors (Lipinski definition) is 10. The van der Waals surface area contributed by atoms with Gasteiger partial charge in [-0.1, -0.05) is 65.5 Å². The first kappa shape index (κ1) is 27.6. The first-order valence-corrected chi connectivity index (χ1v) is 15.4. The van der Waals surface area contributed by atoms with Gasteiger partial charge in [0.1, 0.15) is 15.8 Å². The van der Waals surface area contributed by atoms with Crippen molar-refractivity contribution in [3.05, 3.63) is 69.8 Å². The lowest BCUT2D eigenvalue weighted by atomic mass is 9.82. The molecule has 2 aliphatic rings. The summed E-state index contributed by atoms with van der Waals surface area (Å²) in [7, 11) is 0. The van der Waals surface area contributed by atoms with Crippen LogP contribution in [0.1, 0.15) is 58.8 Å². The van der Waals surface area contributed by atoms with Crippen LogP contribution in [0, 0.1) is 0 Å². The average Bonchev–Trinajstić information content (AvgIpc) is 3.63. The van der Waals surface area contributed by atoms with E-state index in [9.17, 15) is 13.6 Å². The number of carbonyl (C=O) groups excluding carboxylic acids is 1. The fourth-order valence-corrected chi connectivity index (χ4v) is 7.08. The van der Waals surface area contributed by atoms with E-state index in [-0.39, 0.29) is 31.3 Å². The summed E-state index contributed by atoms with van der Waals surface area (Å²) in [5, 5.41) is 26.9. The van der Waals surface area contributed by atoms with Crippen molar-refractivity contribution in [3.8, 4) is 0 Å². The Bertz CT molecular complexity index is 1470. The van der Waals surface area contributed by atoms with Crippen LogP contribution >= 0.6 is 22.7 Å². The third kappa shape index (κ3) is 7.02. The first-order valence-electron chi connectivity index (χ1n) is 13.7. The normalized spacial score (nSPS) is 19.9. The number of carbonyl (C=O) groups is 1. The van der Waals surface area contributed by atoms with E-state index in [0.717, 1.165) is 53.8 Å². The van der Waals surface area contributed by atoms with E-state index in [0.29, 0.717) is 22.6 Å². The predicted molar refractivity (Wildman–Crippen MR) is 156 cm³/mol. The summed E-state index contributed by atoms with van der Waals surface area (Å²) in [5.74, 6) is -1.92. The Morgan fingerprint density at radius 1 is 0.927 bits per heavy atom. The first-order chi connectivity index (χ1) is 19.9. The van der Waals surface area contributed by atoms with Gasteiger partial charge in [-0.3, -0.25) is 4.79 Å². The molecular weight excluding hydrogens is 566 g/mol. The standard InChI is InChI=1S/C28H30F2N8OS2/c29-28(30)16-38(17-28)22-11-5-10-21(32-22)15-23(39)33-27-37-35-25(41-27)20-9-4-8-19(14-20)24-34-36-26(40-24)31-13-12-18-6-2-1-3-7-18/h1-3,5-7,10-11,19-20H,4,8-9,12-17H2,(H,31,36)(H,33,37,39)/t19-,20-/m0/s1. The number of hydrogen-bond donors (Lipinski definition) is 2. The fraction of sp³-hybridized carbons (Fsp3) is 0.429. The minimum atomic E-state index is -2.68. The van der Waals surface area contributed by atoms with Crippen molar-refractivity contribution in [3.63, 3.8) is 0 Å². The summed E-state index contributed by atoms with van der Waals surface area (Å²) in [6.07, 6.45) is 5.04. The minimum Gasteiger partial charge on any atom is -0.360 e. The van der Waals surface area contributed by atoms with Crippen molar-refractivity contribution >= 4 is 44.7 Å². The molecule has 1 aliphatic carbocycles. The summed E-state index contributed by atoms with van der Waals surface area (Å²) in [4.78, 5) is 18.5. The third-order valence-electron chi connectivity index (χ3n) is 7.34. The quantitative estimate of drug-likeness (QED) is 0.247. The smallest absolute Gasteiger partial charge is 0.282 e. The molecule has 214 valence electrons. The van der Waals surface area contributed by atoms with Crippen molar-refractivity contribution in [1.29, 1.82) is 0 Å². The highest BCUT2D eigenvalue weighted by Gasteiger charge is 2.44. The second kappa shape index (κ2) is 12.1. The Morgan fingerprint density at radius 3 is 2.37 bits per heavy atom. The molecule has 1 aromatic carbocycles. The highest BCUT2D eigenvalue weighted by atomic mass is 32.1. The maximum absolute atomic E-state index is 13.2. The van der Waals surface area contributed by atoms with E-state index in [1.165, 1.54) is 21.8 Å². The van der Waals surface area contributed by atoms with Gasteiger partial charge in [-0.2, -0.15) is 0 Å². The molecule has 4 aromatic rings. The molecule has 6 rings (SSSR count). The van der Waals surface area contributed by atoms with Crippen molar-refractivity contribution in [2.45, 2.75) is 56.3 Å². The molecule has 2 fully saturated rings. The number of nitrogens with zero attached hydrogens (tertiary/aromatic N) is 6. The second-order valence-corrected chi connectivity index (χ2v) is 12.6. The molecule has 1 saturated carbocycles. The van der Waals surface area contributed by atoms with Gasteiger partial charge in [-0.25, -0.2) is 13.8 Å². The van der Waals surface area contributed by atoms with Gasteiger partial charge in [0.15, 0.2) is 0 Å². The van der Waals surface area contributed by atoms with E-state index in [4.69, 9.17) is 0 Å². The zero-order valence-corrected chi connectivity index (χ0v) is 23.9. The highest BCUT2D eigenvalue weighted by Crippen LogP contribution is 2.43. The van der Waals surface area contributed by atoms with Crippen LogP contribution in [0.25, 0.3) is 0 Å². The van der Waals surface area contributed by atoms with E-state index < -0.39 is 5.92 Å². The van der Waals surface area contributed by atoms with Crippen molar-refractivity contribution < 1.29 is 13.6 Å². The number of amides is 1. The maximum atomic E-state index is 13.2. The topological polar surface area (TPSA) is 109 Å². The number of nitrogens with one attached hydrogen (secondary N) is 2. The van der Waals surface area contributed by atoms with Crippen LogP contribution < -0.4 is 15.5 Å². The van der Waals surface area contributed by atoms with Crippen LogP contribution in [-0.2, 0) is 17.6 Å². The van der Waals surface area contributed by atoms with Crippen LogP contribution in [0.2, 0.25) is 0 Å². The van der Waals surface area contributed by atoms with Gasteiger partial charge in [0.2, 0.25) is 16.2 Å². The largest absolute Gasteiger partial charge is 0.360 e. The van der Waals surface area contributed by atoms with E-state index >= 15 is 0 Å². The van der Waals surface area contributed by atoms with Gasteiger partial charge in [-0.15, -0.1) is 20.4 Å². The zero-order chi connectivity index (χ0) is 28.2. The number of anilines is 3. The molecule has 1 saturated heterocycles. The SMILES string of the molecule is O=C(Cc1cccc(N2CC(F)(F)C2)n1)Nc1nnc([C@H]2CCC[C@H](c3nnc(NCCc4ccccc4)s3)C2)s1. The van der Waals surface area contributed by atoms with E-state index in [1.54, 1.807) is 29.5 Å². The summed E-state index contributed by atoms with van der Waals surface area (Å²) in [6.45, 7) is 0.109. The lowest BCUT2D eigenvalue weighted by Crippen LogP contribution is -2.56. The Morgan fingerprint density at radius 2 is 1.63 bits per heavy atom. The van der Waals surface area contributed by atoms with Crippen LogP contribution in [0.4, 0.5) is 24.9 Å². The zero-order valence-electron chi connectivity index (χ0n) is 22.3. The van der Waals surface area contributed by atoms with Crippen molar-refractivity contribution in [2.75, 3.05) is 35.2 Å². The van der Waals surface area contributed by atoms with Gasteiger partial charge in [0, 0.05) is 18.4 Å². The molecule has 1 aliphatic heterocycles. The minimum absolute atomic E-state index is 0.0251. The fourth-order valence-electron chi connectivity index (χ4n) is 5.26. The van der Waals surface area contributed by atoms with Gasteiger partial charge in [0.25, 0.3) is 5.92 Å². The Balaban J connectivity index is 0.997. The molecule has 0 unspecified atom stereocenters. The summed E-state index contributed by atoms with van der Waals surface area (Å²) in [5.41, 5.74) is 1.80. The van der Waals surface area contributed by atoms with E-state index in [1.807, 2.05) is 18.2 Å². The number of benzene rings is 1. The Labute approximate surface area is 244 Å². The molecule has 41 heavy (non-hydrogen) atoms. The molecule has 13 heteroatoms. The molecule has 2 atom stereocenters. The summed E-state index contributed by atoms with van der Waals surface area (Å²) in [6, 6.07) is 15.5. The molecule has 3 aromatic heterocycles. The lowest BCUT2D eigenvalue weighted by molar-refractivity contribution is -0.115. The third-order valence-corrected chi connectivity index (χ3v) is 9.38. The average molecular weight is 597 g/mol. The number of rotatable bonds is 10. The van der Waals surface area contributed by atoms with E-state index in [2.05, 4.69) is 48.1 Å². The molecule has 9 nitrogen and oxygen atoms in total. The maximum Gasteiger partial charge on any atom is 0.282 e. The van der Waals surface area contributed by atoms with Gasteiger partial charge >= 0.3 is 0 Å². The number of aromatic nitrogens is 5. The number of alkyl halides is 2. The molecule has 0 spiro atoms. The van der Waals surface area contributed by atoms with Crippen LogP contribution in [0.15, 0.2) is 48.5 Å². The van der Waals surface area contributed by atoms with Gasteiger partial charge < -0.3 is 15.5 Å². The highest BCUT2D eigenvalue weighted by molar-refractivity contribution is 7.15. The van der Waals surface area contributed by atoms with Crippen molar-refractivity contribution in [2.24, 2.45) is 0 Å². The molecule has 4 heterocycles. The predicted octanol–water partition coefficient (Wildman–Crippen LogP) is 5.52. The van der Waals surface area contributed by atoms with Crippen LogP contribution in [0.3, 0.4) is 0 Å². The Hall–Kier alpha value is -3.58. The van der Waals surface area contributed by atoms with Crippen LogP contribution in [0.5, 0.6) is 0 Å². The number of pyridine rings is 1. The van der Waals surface area contributed by atoms with Gasteiger partial charge in [-0.05, 0) is 43.4 Å². The monoisotopic (exact) mass is 596 g/mol. The molecule has 0 bridgehead atoms. The van der Waals surface area contributed by atoms with Gasteiger partial charge in [0.05, 0.1) is 25.2 Å². The molecule has 0 radical (unpaired) electrons.